The van der Waals surface area contributed by atoms with E-state index in [1.807, 2.05) is 0 Å². The van der Waals surface area contributed by atoms with Crippen LogP contribution in [0, 0.1) is 0 Å². The van der Waals surface area contributed by atoms with Crippen molar-refractivity contribution in [2.75, 3.05) is 13.2 Å². The van der Waals surface area contributed by atoms with Gasteiger partial charge in [-0.15, -0.1) is 0 Å². The fourth-order valence-corrected chi connectivity index (χ4v) is 1.84. The van der Waals surface area contributed by atoms with E-state index in [0.717, 1.165) is 12.8 Å². The van der Waals surface area contributed by atoms with Crippen molar-refractivity contribution in [1.82, 2.24) is 0 Å². The summed E-state index contributed by atoms with van der Waals surface area (Å²) in [5.74, 6) is 0.444. The molecule has 0 fully saturated rings. The van der Waals surface area contributed by atoms with Crippen LogP contribution in [0.5, 0.6) is 5.75 Å². The van der Waals surface area contributed by atoms with Crippen LogP contribution in [0.4, 0.5) is 0 Å². The Labute approximate surface area is 117 Å². The second-order valence-corrected chi connectivity index (χ2v) is 4.53. The lowest BCUT2D eigenvalue weighted by Crippen LogP contribution is -2.05. The smallest absolute Gasteiger partial charge is 0.305 e. The van der Waals surface area contributed by atoms with Crippen molar-refractivity contribution >= 4 is 29.2 Å². The first-order valence-corrected chi connectivity index (χ1v) is 6.62. The molecule has 1 aromatic carbocycles. The van der Waals surface area contributed by atoms with Crippen LogP contribution in [0.25, 0.3) is 0 Å². The van der Waals surface area contributed by atoms with E-state index < -0.39 is 0 Å². The van der Waals surface area contributed by atoms with Crippen molar-refractivity contribution < 1.29 is 14.3 Å². The third-order valence-corrected chi connectivity index (χ3v) is 2.76. The maximum absolute atomic E-state index is 11.1. The highest BCUT2D eigenvalue weighted by molar-refractivity contribution is 6.35. The topological polar surface area (TPSA) is 35.5 Å². The molecule has 0 bridgehead atoms. The Morgan fingerprint density at radius 2 is 2.06 bits per heavy atom. The van der Waals surface area contributed by atoms with E-state index in [9.17, 15) is 4.79 Å². The summed E-state index contributed by atoms with van der Waals surface area (Å²) in [6.45, 7) is 2.74. The van der Waals surface area contributed by atoms with E-state index in [4.69, 9.17) is 32.7 Å². The van der Waals surface area contributed by atoms with Crippen molar-refractivity contribution in [1.29, 1.82) is 0 Å². The molecule has 100 valence electrons. The molecule has 0 spiro atoms. The first-order valence-electron chi connectivity index (χ1n) is 5.87. The van der Waals surface area contributed by atoms with Gasteiger partial charge >= 0.3 is 5.97 Å². The molecule has 3 nitrogen and oxygen atoms in total. The van der Waals surface area contributed by atoms with Crippen LogP contribution in [0.15, 0.2) is 18.2 Å². The summed E-state index contributed by atoms with van der Waals surface area (Å²) in [7, 11) is 0. The molecule has 0 atom stereocenters. The van der Waals surface area contributed by atoms with Crippen LogP contribution >= 0.6 is 23.2 Å². The van der Waals surface area contributed by atoms with Crippen molar-refractivity contribution in [3.63, 3.8) is 0 Å². The Kier molecular flexibility index (Phi) is 6.91. The van der Waals surface area contributed by atoms with Gasteiger partial charge in [-0.1, -0.05) is 23.2 Å². The number of ether oxygens (including phenoxy) is 2. The van der Waals surface area contributed by atoms with Gasteiger partial charge in [0.1, 0.15) is 5.75 Å². The Balaban J connectivity index is 2.20. The average Bonchev–Trinajstić information content (AvgIpc) is 2.31. The van der Waals surface area contributed by atoms with Gasteiger partial charge in [0, 0.05) is 11.4 Å². The minimum Gasteiger partial charge on any atom is -0.492 e. The monoisotopic (exact) mass is 290 g/mol. The summed E-state index contributed by atoms with van der Waals surface area (Å²) in [5, 5.41) is 1.07. The van der Waals surface area contributed by atoms with Gasteiger partial charge in [0.05, 0.1) is 18.2 Å². The van der Waals surface area contributed by atoms with E-state index in [0.29, 0.717) is 35.4 Å². The molecule has 0 radical (unpaired) electrons. The number of halogens is 2. The SMILES string of the molecule is CCOC(=O)CCCCOc1ccc(Cl)cc1Cl. The molecule has 0 saturated carbocycles. The highest BCUT2D eigenvalue weighted by Crippen LogP contribution is 2.27. The Morgan fingerprint density at radius 3 is 2.72 bits per heavy atom. The summed E-state index contributed by atoms with van der Waals surface area (Å²) in [6, 6.07) is 5.09. The van der Waals surface area contributed by atoms with Gasteiger partial charge in [0.15, 0.2) is 0 Å². The van der Waals surface area contributed by atoms with Crippen molar-refractivity contribution in [3.8, 4) is 5.75 Å². The number of carbonyl (C=O) groups excluding carboxylic acids is 1. The van der Waals surface area contributed by atoms with E-state index in [1.165, 1.54) is 0 Å². The Hall–Kier alpha value is -0.930. The molecule has 5 heteroatoms. The molecule has 0 amide bonds. The number of benzene rings is 1. The van der Waals surface area contributed by atoms with Gasteiger partial charge in [-0.3, -0.25) is 4.79 Å². The molecule has 0 saturated heterocycles. The van der Waals surface area contributed by atoms with Crippen LogP contribution in [0.3, 0.4) is 0 Å². The molecule has 0 aliphatic carbocycles. The summed E-state index contributed by atoms with van der Waals surface area (Å²) >= 11 is 11.7. The number of rotatable bonds is 7. The number of esters is 1. The van der Waals surface area contributed by atoms with Gasteiger partial charge in [-0.2, -0.15) is 0 Å². The molecule has 18 heavy (non-hydrogen) atoms. The molecule has 0 aliphatic heterocycles. The van der Waals surface area contributed by atoms with Crippen molar-refractivity contribution in [2.24, 2.45) is 0 Å². The van der Waals surface area contributed by atoms with Gasteiger partial charge in [-0.05, 0) is 38.0 Å². The zero-order valence-electron chi connectivity index (χ0n) is 10.2. The molecular weight excluding hydrogens is 275 g/mol. The fourth-order valence-electron chi connectivity index (χ4n) is 1.38. The number of hydrogen-bond acceptors (Lipinski definition) is 3. The fraction of sp³-hybridized carbons (Fsp3) is 0.462. The third-order valence-electron chi connectivity index (χ3n) is 2.23. The number of unbranched alkanes of at least 4 members (excludes halogenated alkanes) is 1. The van der Waals surface area contributed by atoms with Crippen molar-refractivity contribution in [2.45, 2.75) is 26.2 Å². The van der Waals surface area contributed by atoms with Gasteiger partial charge in [-0.25, -0.2) is 0 Å². The molecule has 0 aromatic heterocycles. The normalized spacial score (nSPS) is 10.2. The lowest BCUT2D eigenvalue weighted by Gasteiger charge is -2.08. The van der Waals surface area contributed by atoms with E-state index in [2.05, 4.69) is 0 Å². The second-order valence-electron chi connectivity index (χ2n) is 3.69. The zero-order chi connectivity index (χ0) is 13.4. The molecule has 1 rings (SSSR count). The predicted octanol–water partition coefficient (Wildman–Crippen LogP) is 4.11. The molecule has 0 N–H and O–H groups in total. The first kappa shape index (κ1) is 15.1. The van der Waals surface area contributed by atoms with Crippen LogP contribution in [0.2, 0.25) is 10.0 Å². The van der Waals surface area contributed by atoms with Crippen LogP contribution in [0.1, 0.15) is 26.2 Å². The molecule has 0 unspecified atom stereocenters. The van der Waals surface area contributed by atoms with E-state index in [1.54, 1.807) is 25.1 Å². The predicted molar refractivity (Wildman–Crippen MR) is 72.4 cm³/mol. The highest BCUT2D eigenvalue weighted by Gasteiger charge is 2.03. The lowest BCUT2D eigenvalue weighted by atomic mass is 10.2. The maximum atomic E-state index is 11.1. The third kappa shape index (κ3) is 5.61. The number of hydrogen-bond donors (Lipinski definition) is 0. The highest BCUT2D eigenvalue weighted by atomic mass is 35.5. The van der Waals surface area contributed by atoms with Crippen LogP contribution < -0.4 is 4.74 Å². The summed E-state index contributed by atoms with van der Waals surface area (Å²) in [6.07, 6.45) is 1.94. The largest absolute Gasteiger partial charge is 0.492 e. The lowest BCUT2D eigenvalue weighted by molar-refractivity contribution is -0.143. The maximum Gasteiger partial charge on any atom is 0.305 e. The summed E-state index contributed by atoms with van der Waals surface area (Å²) in [4.78, 5) is 11.1. The minimum absolute atomic E-state index is 0.165. The Morgan fingerprint density at radius 1 is 1.28 bits per heavy atom. The molecule has 0 heterocycles. The summed E-state index contributed by atoms with van der Waals surface area (Å²) in [5.41, 5.74) is 0. The Bertz CT molecular complexity index is 394. The van der Waals surface area contributed by atoms with E-state index >= 15 is 0 Å². The summed E-state index contributed by atoms with van der Waals surface area (Å²) < 4.78 is 10.3. The second kappa shape index (κ2) is 8.22. The number of carbonyl (C=O) groups is 1. The van der Waals surface area contributed by atoms with Gasteiger partial charge in [0.2, 0.25) is 0 Å². The standard InChI is InChI=1S/C13H16Cl2O3/c1-2-17-13(16)5-3-4-8-18-12-7-6-10(14)9-11(12)15/h6-7,9H,2-5,8H2,1H3. The molecule has 0 aliphatic rings. The first-order chi connectivity index (χ1) is 8.63. The van der Waals surface area contributed by atoms with Crippen LogP contribution in [-0.4, -0.2) is 19.2 Å². The van der Waals surface area contributed by atoms with Gasteiger partial charge in [0.25, 0.3) is 0 Å². The molecule has 1 aromatic rings. The van der Waals surface area contributed by atoms with Crippen molar-refractivity contribution in [3.05, 3.63) is 28.2 Å². The average molecular weight is 291 g/mol. The van der Waals surface area contributed by atoms with E-state index in [-0.39, 0.29) is 5.97 Å². The molecular formula is C13H16Cl2O3. The minimum atomic E-state index is -0.165. The quantitative estimate of drug-likeness (QED) is 0.560. The van der Waals surface area contributed by atoms with Crippen LogP contribution in [-0.2, 0) is 9.53 Å². The van der Waals surface area contributed by atoms with Gasteiger partial charge < -0.3 is 9.47 Å². The zero-order valence-corrected chi connectivity index (χ0v) is 11.8.